The molecule has 0 aromatic carbocycles. The minimum Gasteiger partial charge on any atom is -0.289 e. The number of carbonyl (C=O) groups excluding carboxylic acids is 2. The highest BCUT2D eigenvalue weighted by atomic mass is 16.1. The van der Waals surface area contributed by atoms with E-state index in [-0.39, 0.29) is 11.6 Å². The van der Waals surface area contributed by atoms with E-state index in [0.29, 0.717) is 29.1 Å². The topological polar surface area (TPSA) is 34.1 Å². The Morgan fingerprint density at radius 1 is 0.812 bits per heavy atom. The molecule has 2 aliphatic rings. The van der Waals surface area contributed by atoms with E-state index in [4.69, 9.17) is 0 Å². The molecule has 2 heteroatoms. The average Bonchev–Trinajstić information content (AvgIpc) is 2.72. The third kappa shape index (κ3) is 7.87. The lowest BCUT2D eigenvalue weighted by Crippen LogP contribution is -2.21. The largest absolute Gasteiger partial charge is 0.289 e. The standard InChI is InChI=1S/C30H44O2/c1-21(11-7-12-22(2)15-9-16-27-17-10-18-27)13-8-14-23(3)19-20-28-26(6)29(31)24(4)25(5)30(28)32/h12-13,16,23H,7-11,14-15,17-20H2,1-6H3/b21-13+,22-12+. The molecule has 0 aromatic heterocycles. The van der Waals surface area contributed by atoms with Gasteiger partial charge in [-0.3, -0.25) is 9.59 Å². The van der Waals surface area contributed by atoms with Crippen LogP contribution < -0.4 is 0 Å². The molecular formula is C30H44O2. The van der Waals surface area contributed by atoms with Crippen LogP contribution in [0.15, 0.2) is 57.2 Å². The molecule has 0 amide bonds. The average molecular weight is 437 g/mol. The Labute approximate surface area is 196 Å². The number of hydrogen-bond acceptors (Lipinski definition) is 2. The second kappa shape index (κ2) is 12.9. The number of allylic oxidation sites excluding steroid dienone is 10. The fourth-order valence-corrected chi connectivity index (χ4v) is 4.45. The van der Waals surface area contributed by atoms with E-state index in [1.807, 2.05) is 6.92 Å². The van der Waals surface area contributed by atoms with Crippen LogP contribution in [0, 0.1) is 5.92 Å². The molecule has 2 rings (SSSR count). The normalized spacial score (nSPS) is 19.0. The molecule has 1 unspecified atom stereocenters. The lowest BCUT2D eigenvalue weighted by Gasteiger charge is -2.20. The summed E-state index contributed by atoms with van der Waals surface area (Å²) in [5, 5.41) is 0. The van der Waals surface area contributed by atoms with Gasteiger partial charge in [-0.2, -0.15) is 0 Å². The van der Waals surface area contributed by atoms with Crippen LogP contribution in [0.2, 0.25) is 0 Å². The number of carbonyl (C=O) groups is 2. The summed E-state index contributed by atoms with van der Waals surface area (Å²) in [6.07, 6.45) is 19.9. The molecule has 0 aromatic rings. The van der Waals surface area contributed by atoms with Gasteiger partial charge in [0.2, 0.25) is 0 Å². The maximum atomic E-state index is 12.6. The van der Waals surface area contributed by atoms with E-state index in [2.05, 4.69) is 39.0 Å². The van der Waals surface area contributed by atoms with Crippen LogP contribution in [0.5, 0.6) is 0 Å². The Hall–Kier alpha value is -1.96. The monoisotopic (exact) mass is 436 g/mol. The van der Waals surface area contributed by atoms with E-state index in [0.717, 1.165) is 37.7 Å². The maximum Gasteiger partial charge on any atom is 0.185 e. The van der Waals surface area contributed by atoms with Crippen LogP contribution >= 0.6 is 0 Å². The summed E-state index contributed by atoms with van der Waals surface area (Å²) in [7, 11) is 0. The van der Waals surface area contributed by atoms with Crippen molar-refractivity contribution < 1.29 is 9.59 Å². The van der Waals surface area contributed by atoms with Gasteiger partial charge in [0.25, 0.3) is 0 Å². The summed E-state index contributed by atoms with van der Waals surface area (Å²) in [5.74, 6) is 0.662. The number of hydrogen-bond donors (Lipinski definition) is 0. The summed E-state index contributed by atoms with van der Waals surface area (Å²) in [4.78, 5) is 24.9. The second-order valence-corrected chi connectivity index (χ2v) is 10.1. The zero-order chi connectivity index (χ0) is 23.7. The first kappa shape index (κ1) is 26.3. The molecule has 176 valence electrons. The Morgan fingerprint density at radius 2 is 1.41 bits per heavy atom. The molecule has 0 bridgehead atoms. The molecular weight excluding hydrogens is 392 g/mol. The van der Waals surface area contributed by atoms with Crippen molar-refractivity contribution in [3.8, 4) is 0 Å². The van der Waals surface area contributed by atoms with Gasteiger partial charge < -0.3 is 0 Å². The minimum absolute atomic E-state index is 0.0444. The van der Waals surface area contributed by atoms with E-state index >= 15 is 0 Å². The van der Waals surface area contributed by atoms with Crippen molar-refractivity contribution in [3.05, 3.63) is 57.2 Å². The summed E-state index contributed by atoms with van der Waals surface area (Å²) >= 11 is 0. The van der Waals surface area contributed by atoms with Gasteiger partial charge in [-0.25, -0.2) is 0 Å². The van der Waals surface area contributed by atoms with E-state index in [1.165, 1.54) is 43.3 Å². The van der Waals surface area contributed by atoms with Crippen molar-refractivity contribution in [1.82, 2.24) is 0 Å². The van der Waals surface area contributed by atoms with E-state index in [1.54, 1.807) is 19.4 Å². The van der Waals surface area contributed by atoms with Crippen LogP contribution in [0.4, 0.5) is 0 Å². The van der Waals surface area contributed by atoms with Gasteiger partial charge in [-0.15, -0.1) is 0 Å². The number of ketones is 2. The Morgan fingerprint density at radius 3 is 2.03 bits per heavy atom. The van der Waals surface area contributed by atoms with Gasteiger partial charge >= 0.3 is 0 Å². The van der Waals surface area contributed by atoms with Gasteiger partial charge in [0.15, 0.2) is 11.6 Å². The summed E-state index contributed by atoms with van der Waals surface area (Å²) in [6.45, 7) is 12.1. The highest BCUT2D eigenvalue weighted by Crippen LogP contribution is 2.29. The summed E-state index contributed by atoms with van der Waals surface area (Å²) in [6, 6.07) is 0. The zero-order valence-electron chi connectivity index (χ0n) is 21.4. The molecule has 2 nitrogen and oxygen atoms in total. The molecule has 1 fully saturated rings. The van der Waals surface area contributed by atoms with Crippen LogP contribution in [-0.4, -0.2) is 11.6 Å². The first-order chi connectivity index (χ1) is 15.2. The first-order valence-corrected chi connectivity index (χ1v) is 12.7. The molecule has 0 spiro atoms. The Balaban J connectivity index is 1.67. The minimum atomic E-state index is 0.0444. The lowest BCUT2D eigenvalue weighted by atomic mass is 9.82. The maximum absolute atomic E-state index is 12.6. The molecule has 0 aliphatic heterocycles. The smallest absolute Gasteiger partial charge is 0.185 e. The highest BCUT2D eigenvalue weighted by molar-refractivity contribution is 6.24. The van der Waals surface area contributed by atoms with Crippen molar-refractivity contribution in [2.75, 3.05) is 0 Å². The molecule has 2 aliphatic carbocycles. The molecule has 0 N–H and O–H groups in total. The SMILES string of the molecule is CC1=C(C)C(=O)C(CCC(C)CC/C=C(\C)CC/C=C(\C)CCC=C2CCC2)=C(C)C1=O. The molecule has 0 heterocycles. The van der Waals surface area contributed by atoms with Gasteiger partial charge in [-0.05, 0) is 111 Å². The van der Waals surface area contributed by atoms with Crippen LogP contribution in [0.3, 0.4) is 0 Å². The van der Waals surface area contributed by atoms with Crippen molar-refractivity contribution in [2.45, 2.75) is 112 Å². The quantitative estimate of drug-likeness (QED) is 0.227. The van der Waals surface area contributed by atoms with Gasteiger partial charge in [0.05, 0.1) is 0 Å². The molecule has 1 saturated carbocycles. The summed E-state index contributed by atoms with van der Waals surface area (Å²) < 4.78 is 0. The Kier molecular flexibility index (Phi) is 10.6. The third-order valence-electron chi connectivity index (χ3n) is 7.35. The molecule has 1 atom stereocenters. The summed E-state index contributed by atoms with van der Waals surface area (Å²) in [5.41, 5.74) is 7.29. The van der Waals surface area contributed by atoms with E-state index in [9.17, 15) is 9.59 Å². The number of Topliss-reactive ketones (excluding diaryl/α,β-unsaturated/α-hetero) is 2. The van der Waals surface area contributed by atoms with Gasteiger partial charge in [0.1, 0.15) is 0 Å². The van der Waals surface area contributed by atoms with Crippen LogP contribution in [0.25, 0.3) is 0 Å². The lowest BCUT2D eigenvalue weighted by molar-refractivity contribution is -0.116. The van der Waals surface area contributed by atoms with Crippen LogP contribution in [-0.2, 0) is 9.59 Å². The fourth-order valence-electron chi connectivity index (χ4n) is 4.45. The van der Waals surface area contributed by atoms with Crippen molar-refractivity contribution in [3.63, 3.8) is 0 Å². The predicted octanol–water partition coefficient (Wildman–Crippen LogP) is 8.55. The number of rotatable bonds is 12. The third-order valence-corrected chi connectivity index (χ3v) is 7.35. The van der Waals surface area contributed by atoms with Gasteiger partial charge in [0, 0.05) is 22.3 Å². The molecule has 0 radical (unpaired) electrons. The Bertz CT molecular complexity index is 851. The predicted molar refractivity (Wildman–Crippen MR) is 137 cm³/mol. The molecule has 0 saturated heterocycles. The zero-order valence-corrected chi connectivity index (χ0v) is 21.4. The van der Waals surface area contributed by atoms with E-state index < -0.39 is 0 Å². The van der Waals surface area contributed by atoms with Gasteiger partial charge in [-0.1, -0.05) is 41.9 Å². The molecule has 32 heavy (non-hydrogen) atoms. The fraction of sp³-hybridized carbons (Fsp3) is 0.600. The van der Waals surface area contributed by atoms with Crippen molar-refractivity contribution >= 4 is 11.6 Å². The van der Waals surface area contributed by atoms with Crippen LogP contribution in [0.1, 0.15) is 112 Å². The van der Waals surface area contributed by atoms with Crippen molar-refractivity contribution in [2.24, 2.45) is 5.92 Å². The van der Waals surface area contributed by atoms with Crippen molar-refractivity contribution in [1.29, 1.82) is 0 Å². The first-order valence-electron chi connectivity index (χ1n) is 12.7. The second-order valence-electron chi connectivity index (χ2n) is 10.1. The highest BCUT2D eigenvalue weighted by Gasteiger charge is 2.27.